The van der Waals surface area contributed by atoms with Crippen molar-refractivity contribution in [3.8, 4) is 0 Å². The highest BCUT2D eigenvalue weighted by Crippen LogP contribution is 2.16. The van der Waals surface area contributed by atoms with Crippen LogP contribution in [-0.4, -0.2) is 56.5 Å². The number of hydrogen-bond donors (Lipinski definition) is 1. The van der Waals surface area contributed by atoms with Crippen molar-refractivity contribution in [2.75, 3.05) is 19.3 Å². The van der Waals surface area contributed by atoms with E-state index in [9.17, 15) is 4.79 Å². The van der Waals surface area contributed by atoms with E-state index in [-0.39, 0.29) is 12.1 Å². The molecular weight excluding hydrogens is 276 g/mol. The van der Waals surface area contributed by atoms with Crippen molar-refractivity contribution >= 4 is 17.7 Å². The van der Waals surface area contributed by atoms with E-state index >= 15 is 0 Å². The molecule has 1 amide bonds. The summed E-state index contributed by atoms with van der Waals surface area (Å²) in [5, 5.41) is 15.4. The predicted molar refractivity (Wildman–Crippen MR) is 77.2 cm³/mol. The van der Waals surface area contributed by atoms with Crippen LogP contribution in [0.4, 0.5) is 0 Å². The topological polar surface area (TPSA) is 75.9 Å². The Morgan fingerprint density at radius 1 is 1.55 bits per heavy atom. The molecule has 0 bridgehead atoms. The van der Waals surface area contributed by atoms with Crippen molar-refractivity contribution in [2.45, 2.75) is 43.4 Å². The van der Waals surface area contributed by atoms with Gasteiger partial charge in [-0.1, -0.05) is 11.8 Å². The minimum absolute atomic E-state index is 0.209. The largest absolute Gasteiger partial charge is 0.330 e. The quantitative estimate of drug-likeness (QED) is 0.613. The predicted octanol–water partition coefficient (Wildman–Crippen LogP) is 0.640. The van der Waals surface area contributed by atoms with Gasteiger partial charge in [-0.15, -0.1) is 5.10 Å². The minimum Gasteiger partial charge on any atom is -0.330 e. The fraction of sp³-hybridized carbons (Fsp3) is 0.833. The summed E-state index contributed by atoms with van der Waals surface area (Å²) in [6, 6.07) is 0. The average Bonchev–Trinajstić information content (AvgIpc) is 2.89. The Morgan fingerprint density at radius 3 is 3.05 bits per heavy atom. The Balaban J connectivity index is 1.65. The molecule has 1 N–H and O–H groups in total. The van der Waals surface area contributed by atoms with Crippen molar-refractivity contribution in [3.05, 3.63) is 0 Å². The molecular formula is C12H22N6OS. The summed E-state index contributed by atoms with van der Waals surface area (Å²) in [6.07, 6.45) is 5.10. The molecule has 1 atom stereocenters. The van der Waals surface area contributed by atoms with Crippen LogP contribution in [0.15, 0.2) is 5.16 Å². The molecule has 0 aromatic carbocycles. The number of hydrogen-bond acceptors (Lipinski definition) is 6. The van der Waals surface area contributed by atoms with Crippen molar-refractivity contribution < 1.29 is 4.79 Å². The lowest BCUT2D eigenvalue weighted by atomic mass is 10.1. The molecule has 1 aromatic heterocycles. The van der Waals surface area contributed by atoms with E-state index in [0.29, 0.717) is 6.42 Å². The van der Waals surface area contributed by atoms with E-state index in [1.165, 1.54) is 12.8 Å². The number of piperidine rings is 1. The van der Waals surface area contributed by atoms with Gasteiger partial charge in [0.1, 0.15) is 0 Å². The molecule has 1 fully saturated rings. The monoisotopic (exact) mass is 298 g/mol. The van der Waals surface area contributed by atoms with Gasteiger partial charge in [0.15, 0.2) is 0 Å². The third-order valence-corrected chi connectivity index (χ3v) is 4.59. The number of aromatic nitrogens is 4. The molecule has 0 aliphatic carbocycles. The number of nitrogens with one attached hydrogen (secondary N) is 1. The van der Waals surface area contributed by atoms with Gasteiger partial charge < -0.3 is 4.90 Å². The smallest absolute Gasteiger partial charge is 0.223 e. The molecule has 1 aliphatic rings. The molecule has 7 nitrogen and oxygen atoms in total. The lowest BCUT2D eigenvalue weighted by Gasteiger charge is -2.32. The maximum atomic E-state index is 12.1. The van der Waals surface area contributed by atoms with Gasteiger partial charge in [-0.25, -0.2) is 4.68 Å². The molecule has 0 radical (unpaired) electrons. The van der Waals surface area contributed by atoms with Crippen molar-refractivity contribution in [1.82, 2.24) is 30.4 Å². The van der Waals surface area contributed by atoms with E-state index in [1.54, 1.807) is 16.4 Å². The molecule has 8 heteroatoms. The van der Waals surface area contributed by atoms with Crippen LogP contribution < -0.4 is 5.32 Å². The van der Waals surface area contributed by atoms with Crippen molar-refractivity contribution in [2.24, 2.45) is 7.05 Å². The second-order valence-corrected chi connectivity index (χ2v) is 6.07. The Kier molecular flexibility index (Phi) is 5.78. The number of tetrazole rings is 1. The first-order valence-electron chi connectivity index (χ1n) is 7.02. The summed E-state index contributed by atoms with van der Waals surface area (Å²) >= 11 is 1.58. The second-order valence-electron chi connectivity index (χ2n) is 5.01. The van der Waals surface area contributed by atoms with E-state index in [4.69, 9.17) is 0 Å². The highest BCUT2D eigenvalue weighted by atomic mass is 32.2. The van der Waals surface area contributed by atoms with Gasteiger partial charge in [0.2, 0.25) is 11.1 Å². The summed E-state index contributed by atoms with van der Waals surface area (Å²) in [4.78, 5) is 14.0. The average molecular weight is 298 g/mol. The highest BCUT2D eigenvalue weighted by molar-refractivity contribution is 7.99. The lowest BCUT2D eigenvalue weighted by Crippen LogP contribution is -2.48. The molecule has 1 aliphatic heterocycles. The Labute approximate surface area is 123 Å². The number of carbonyl (C=O) groups excluding carboxylic acids is 1. The van der Waals surface area contributed by atoms with Gasteiger partial charge in [0.25, 0.3) is 0 Å². The van der Waals surface area contributed by atoms with Crippen LogP contribution in [-0.2, 0) is 11.8 Å². The van der Waals surface area contributed by atoms with E-state index in [2.05, 4.69) is 20.8 Å². The van der Waals surface area contributed by atoms with Crippen molar-refractivity contribution in [3.63, 3.8) is 0 Å². The molecule has 1 unspecified atom stereocenters. The number of carbonyl (C=O) groups is 1. The molecule has 0 saturated carbocycles. The van der Waals surface area contributed by atoms with E-state index in [1.807, 2.05) is 19.0 Å². The summed E-state index contributed by atoms with van der Waals surface area (Å²) in [5.41, 5.74) is 0. The third kappa shape index (κ3) is 4.17. The van der Waals surface area contributed by atoms with Crippen LogP contribution in [0.3, 0.4) is 0 Å². The molecule has 2 heterocycles. The van der Waals surface area contributed by atoms with E-state index < -0.39 is 0 Å². The zero-order chi connectivity index (χ0) is 14.4. The fourth-order valence-corrected chi connectivity index (χ4v) is 3.03. The van der Waals surface area contributed by atoms with E-state index in [0.717, 1.165) is 30.3 Å². The maximum absolute atomic E-state index is 12.1. The number of nitrogens with zero attached hydrogens (tertiary/aromatic N) is 5. The van der Waals surface area contributed by atoms with Crippen LogP contribution >= 0.6 is 11.8 Å². The molecule has 1 aromatic rings. The SMILES string of the molecule is CN(C(=O)CCCSc1nnnn1C)C1CCCCN1. The highest BCUT2D eigenvalue weighted by Gasteiger charge is 2.20. The van der Waals surface area contributed by atoms with Crippen LogP contribution in [0.2, 0.25) is 0 Å². The van der Waals surface area contributed by atoms with Gasteiger partial charge >= 0.3 is 0 Å². The first-order valence-corrected chi connectivity index (χ1v) is 8.01. The van der Waals surface area contributed by atoms with Gasteiger partial charge in [0, 0.05) is 26.3 Å². The standard InChI is InChI=1S/C12H22N6OS/c1-17(10-6-3-4-8-13-10)11(19)7-5-9-20-12-14-15-16-18(12)2/h10,13H,3-9H2,1-2H3. The van der Waals surface area contributed by atoms with Gasteiger partial charge in [-0.2, -0.15) is 0 Å². The van der Waals surface area contributed by atoms with Gasteiger partial charge in [-0.05, 0) is 42.7 Å². The van der Waals surface area contributed by atoms with Gasteiger partial charge in [-0.3, -0.25) is 10.1 Å². The second kappa shape index (κ2) is 7.58. The number of amides is 1. The van der Waals surface area contributed by atoms with Crippen LogP contribution in [0.5, 0.6) is 0 Å². The van der Waals surface area contributed by atoms with Crippen LogP contribution in [0.1, 0.15) is 32.1 Å². The van der Waals surface area contributed by atoms with Crippen LogP contribution in [0, 0.1) is 0 Å². The van der Waals surface area contributed by atoms with Gasteiger partial charge in [0.05, 0.1) is 6.17 Å². The summed E-state index contributed by atoms with van der Waals surface area (Å²) in [7, 11) is 3.71. The first-order chi connectivity index (χ1) is 9.68. The number of rotatable bonds is 6. The normalized spacial score (nSPS) is 19.0. The molecule has 0 spiro atoms. The van der Waals surface area contributed by atoms with Crippen molar-refractivity contribution in [1.29, 1.82) is 0 Å². The lowest BCUT2D eigenvalue weighted by molar-refractivity contribution is -0.133. The summed E-state index contributed by atoms with van der Waals surface area (Å²) in [5.74, 6) is 1.06. The maximum Gasteiger partial charge on any atom is 0.223 e. The Bertz CT molecular complexity index is 431. The molecule has 2 rings (SSSR count). The zero-order valence-corrected chi connectivity index (χ0v) is 12.9. The van der Waals surface area contributed by atoms with Crippen LogP contribution in [0.25, 0.3) is 0 Å². The molecule has 1 saturated heterocycles. The summed E-state index contributed by atoms with van der Waals surface area (Å²) in [6.45, 7) is 1.01. The number of aryl methyl sites for hydroxylation is 1. The first kappa shape index (κ1) is 15.2. The zero-order valence-electron chi connectivity index (χ0n) is 12.1. The molecule has 112 valence electrons. The Hall–Kier alpha value is -1.15. The fourth-order valence-electron chi connectivity index (χ4n) is 2.24. The third-order valence-electron chi connectivity index (χ3n) is 3.49. The number of thioether (sulfide) groups is 1. The minimum atomic E-state index is 0.209. The molecule has 20 heavy (non-hydrogen) atoms. The summed E-state index contributed by atoms with van der Waals surface area (Å²) < 4.78 is 1.64. The Morgan fingerprint density at radius 2 is 2.40 bits per heavy atom.